The Bertz CT molecular complexity index is 817. The van der Waals surface area contributed by atoms with E-state index >= 15 is 0 Å². The predicted octanol–water partition coefficient (Wildman–Crippen LogP) is 1.08. The van der Waals surface area contributed by atoms with E-state index in [4.69, 9.17) is 4.74 Å². The molecule has 0 saturated carbocycles. The number of aliphatic hydroxyl groups excluding tert-OH is 3. The molecular weight excluding hydrogens is 473 g/mol. The number of nitrogens with zero attached hydrogens (tertiary/aromatic N) is 1. The lowest BCUT2D eigenvalue weighted by Gasteiger charge is -2.45. The third-order valence-electron chi connectivity index (χ3n) is 7.22. The van der Waals surface area contributed by atoms with Crippen LogP contribution in [0.1, 0.15) is 38.7 Å². The summed E-state index contributed by atoms with van der Waals surface area (Å²) in [6.07, 6.45) is -0.325. The van der Waals surface area contributed by atoms with Gasteiger partial charge in [0.1, 0.15) is 35.7 Å². The molecule has 1 amide bonds. The molecule has 35 heavy (non-hydrogen) atoms. The first kappa shape index (κ1) is 28.3. The maximum atomic E-state index is 13.4. The molecule has 2 heterocycles. The zero-order chi connectivity index (χ0) is 25.7. The number of carbonyl (C=O) groups excluding carboxylic acids is 1. The molecule has 2 aliphatic rings. The topological polar surface area (TPSA) is 114 Å². The Labute approximate surface area is 211 Å². The molecule has 10 heteroatoms. The highest BCUT2D eigenvalue weighted by atomic mass is 32.2. The number of ether oxygens (including phenoxy) is 1. The summed E-state index contributed by atoms with van der Waals surface area (Å²) >= 11 is 1.23. The van der Waals surface area contributed by atoms with Gasteiger partial charge < -0.3 is 30.7 Å². The molecule has 0 aliphatic carbocycles. The van der Waals surface area contributed by atoms with Crippen molar-refractivity contribution in [2.45, 2.75) is 87.6 Å². The molecule has 2 aliphatic heterocycles. The fraction of sp³-hybridized carbons (Fsp3) is 0.720. The van der Waals surface area contributed by atoms with E-state index in [0.717, 1.165) is 31.4 Å². The summed E-state index contributed by atoms with van der Waals surface area (Å²) in [6.45, 7) is 5.28. The summed E-state index contributed by atoms with van der Waals surface area (Å²) in [7, 11) is 1.95. The Hall–Kier alpha value is -1.27. The fourth-order valence-electron chi connectivity index (χ4n) is 5.15. The van der Waals surface area contributed by atoms with Crippen LogP contribution >= 0.6 is 11.8 Å². The lowest BCUT2D eigenvalue weighted by molar-refractivity contribution is -0.207. The zero-order valence-corrected chi connectivity index (χ0v) is 21.7. The third kappa shape index (κ3) is 6.94. The van der Waals surface area contributed by atoms with Gasteiger partial charge in [-0.2, -0.15) is 0 Å². The SMILES string of the molecule is CCC[C@@H]1C[C@@H](C(=O)N[C@H]([C@H](C)NCc2ccc(F)cc2)[C@H]2OC(SC)[C@H](O)C(O)C2O)N(C)C1. The summed E-state index contributed by atoms with van der Waals surface area (Å²) in [5, 5.41) is 38.0. The molecule has 198 valence electrons. The number of amides is 1. The number of likely N-dealkylation sites (tertiary alicyclic amines) is 1. The smallest absolute Gasteiger partial charge is 0.237 e. The highest BCUT2D eigenvalue weighted by Crippen LogP contribution is 2.30. The Morgan fingerprint density at radius 1 is 1.23 bits per heavy atom. The lowest BCUT2D eigenvalue weighted by atomic mass is 9.90. The first-order valence-electron chi connectivity index (χ1n) is 12.4. The number of halogens is 1. The van der Waals surface area contributed by atoms with Crippen molar-refractivity contribution in [1.29, 1.82) is 0 Å². The molecule has 0 aromatic heterocycles. The van der Waals surface area contributed by atoms with Crippen molar-refractivity contribution in [2.75, 3.05) is 19.8 Å². The minimum absolute atomic E-state index is 0.149. The van der Waals surface area contributed by atoms with Crippen LogP contribution in [0, 0.1) is 11.7 Å². The number of rotatable bonds is 10. The highest BCUT2D eigenvalue weighted by Gasteiger charge is 2.48. The maximum absolute atomic E-state index is 13.4. The van der Waals surface area contributed by atoms with Crippen LogP contribution in [0.25, 0.3) is 0 Å². The van der Waals surface area contributed by atoms with Gasteiger partial charge in [0, 0.05) is 19.1 Å². The molecular formula is C25H40FN3O5S. The van der Waals surface area contributed by atoms with Crippen LogP contribution in [0.3, 0.4) is 0 Å². The van der Waals surface area contributed by atoms with Crippen LogP contribution in [-0.4, -0.2) is 94.0 Å². The predicted molar refractivity (Wildman–Crippen MR) is 134 cm³/mol. The Kier molecular flexibility index (Phi) is 10.4. The molecule has 3 unspecified atom stereocenters. The van der Waals surface area contributed by atoms with Gasteiger partial charge in [0.15, 0.2) is 0 Å². The van der Waals surface area contributed by atoms with E-state index in [9.17, 15) is 24.5 Å². The van der Waals surface area contributed by atoms with Gasteiger partial charge in [-0.15, -0.1) is 11.8 Å². The quantitative estimate of drug-likeness (QED) is 0.316. The number of hydrogen-bond acceptors (Lipinski definition) is 8. The summed E-state index contributed by atoms with van der Waals surface area (Å²) in [6, 6.07) is 4.79. The number of likely N-dealkylation sites (N-methyl/N-ethyl adjacent to an activating group) is 1. The molecule has 0 bridgehead atoms. The number of aliphatic hydroxyl groups is 3. The van der Waals surface area contributed by atoms with Crippen LogP contribution in [0.5, 0.6) is 0 Å². The van der Waals surface area contributed by atoms with E-state index in [0.29, 0.717) is 12.5 Å². The molecule has 5 N–H and O–H groups in total. The largest absolute Gasteiger partial charge is 0.388 e. The van der Waals surface area contributed by atoms with E-state index in [2.05, 4.69) is 22.5 Å². The second-order valence-electron chi connectivity index (χ2n) is 9.85. The molecule has 3 rings (SSSR count). The van der Waals surface area contributed by atoms with E-state index in [1.54, 1.807) is 18.4 Å². The Morgan fingerprint density at radius 3 is 2.54 bits per heavy atom. The normalized spacial score (nSPS) is 33.4. The van der Waals surface area contributed by atoms with Crippen molar-refractivity contribution in [3.8, 4) is 0 Å². The summed E-state index contributed by atoms with van der Waals surface area (Å²) < 4.78 is 19.3. The molecule has 0 radical (unpaired) electrons. The number of benzene rings is 1. The maximum Gasteiger partial charge on any atom is 0.237 e. The number of hydrogen-bond donors (Lipinski definition) is 5. The molecule has 1 aromatic carbocycles. The summed E-state index contributed by atoms with van der Waals surface area (Å²) in [4.78, 5) is 15.5. The first-order valence-corrected chi connectivity index (χ1v) is 13.7. The van der Waals surface area contributed by atoms with Crippen molar-refractivity contribution < 1.29 is 29.2 Å². The van der Waals surface area contributed by atoms with Crippen molar-refractivity contribution >= 4 is 17.7 Å². The van der Waals surface area contributed by atoms with Crippen LogP contribution < -0.4 is 10.6 Å². The van der Waals surface area contributed by atoms with Crippen molar-refractivity contribution in [3.63, 3.8) is 0 Å². The molecule has 8 nitrogen and oxygen atoms in total. The summed E-state index contributed by atoms with van der Waals surface area (Å²) in [5.74, 6) is -0.00499. The molecule has 9 atom stereocenters. The van der Waals surface area contributed by atoms with E-state index in [1.807, 2.05) is 14.0 Å². The van der Waals surface area contributed by atoms with E-state index in [1.165, 1.54) is 23.9 Å². The van der Waals surface area contributed by atoms with Gasteiger partial charge in [-0.3, -0.25) is 9.69 Å². The lowest BCUT2D eigenvalue weighted by Crippen LogP contribution is -2.67. The van der Waals surface area contributed by atoms with Crippen LogP contribution in [0.15, 0.2) is 24.3 Å². The second kappa shape index (κ2) is 12.8. The first-order chi connectivity index (χ1) is 16.7. The van der Waals surface area contributed by atoms with E-state index in [-0.39, 0.29) is 23.8 Å². The zero-order valence-electron chi connectivity index (χ0n) is 20.9. The third-order valence-corrected chi connectivity index (χ3v) is 8.07. The number of nitrogens with one attached hydrogen (secondary N) is 2. The second-order valence-corrected chi connectivity index (χ2v) is 10.8. The number of carbonyl (C=O) groups is 1. The minimum atomic E-state index is -1.40. The van der Waals surface area contributed by atoms with Gasteiger partial charge in [-0.1, -0.05) is 25.5 Å². The van der Waals surface area contributed by atoms with Crippen molar-refractivity contribution in [1.82, 2.24) is 15.5 Å². The molecule has 0 spiro atoms. The van der Waals surface area contributed by atoms with Gasteiger partial charge in [0.2, 0.25) is 5.91 Å². The molecule has 2 saturated heterocycles. The van der Waals surface area contributed by atoms with E-state index < -0.39 is 35.9 Å². The standard InChI is InChI=1S/C25H40FN3O5S/c1-5-6-16-11-18(29(3)13-16)24(33)28-19(14(2)27-12-15-7-9-17(26)10-8-15)23-21(31)20(30)22(32)25(34-23)35-4/h7-10,14,16,18-23,25,27,30-32H,5-6,11-13H2,1-4H3,(H,28,33)/t14-,16+,18-,19+,20?,21?,22+,23+,25?/m0/s1. The van der Waals surface area contributed by atoms with Gasteiger partial charge in [-0.05, 0) is 56.7 Å². The molecule has 1 aromatic rings. The van der Waals surface area contributed by atoms with Crippen LogP contribution in [0.2, 0.25) is 0 Å². The fourth-order valence-corrected chi connectivity index (χ4v) is 5.83. The monoisotopic (exact) mass is 513 g/mol. The van der Waals surface area contributed by atoms with Crippen LogP contribution in [0.4, 0.5) is 4.39 Å². The minimum Gasteiger partial charge on any atom is -0.388 e. The van der Waals surface area contributed by atoms with Gasteiger partial charge in [0.05, 0.1) is 12.1 Å². The number of thioether (sulfide) groups is 1. The average molecular weight is 514 g/mol. The summed E-state index contributed by atoms with van der Waals surface area (Å²) in [5.41, 5.74) is 0.119. The van der Waals surface area contributed by atoms with Gasteiger partial charge in [-0.25, -0.2) is 4.39 Å². The Balaban J connectivity index is 1.77. The van der Waals surface area contributed by atoms with Gasteiger partial charge in [0.25, 0.3) is 0 Å². The van der Waals surface area contributed by atoms with Crippen molar-refractivity contribution in [2.24, 2.45) is 5.92 Å². The Morgan fingerprint density at radius 2 is 1.91 bits per heavy atom. The van der Waals surface area contributed by atoms with Crippen molar-refractivity contribution in [3.05, 3.63) is 35.6 Å². The van der Waals surface area contributed by atoms with Gasteiger partial charge >= 0.3 is 0 Å². The van der Waals surface area contributed by atoms with Crippen LogP contribution in [-0.2, 0) is 16.1 Å². The molecule has 2 fully saturated rings. The highest BCUT2D eigenvalue weighted by molar-refractivity contribution is 7.99. The average Bonchev–Trinajstić information content (AvgIpc) is 3.21.